The van der Waals surface area contributed by atoms with Gasteiger partial charge in [-0.15, -0.1) is 0 Å². The van der Waals surface area contributed by atoms with Crippen molar-refractivity contribution in [3.8, 4) is 5.75 Å². The largest absolute Gasteiger partial charge is 0.495 e. The van der Waals surface area contributed by atoms with Gasteiger partial charge in [-0.05, 0) is 42.0 Å². The van der Waals surface area contributed by atoms with Gasteiger partial charge in [0.2, 0.25) is 0 Å². The van der Waals surface area contributed by atoms with Crippen LogP contribution in [0.5, 0.6) is 5.75 Å². The van der Waals surface area contributed by atoms with Crippen LogP contribution >= 0.6 is 0 Å². The number of ether oxygens (including phenoxy) is 1. The molecule has 2 aromatic carbocycles. The molecule has 1 fully saturated rings. The van der Waals surface area contributed by atoms with Crippen molar-refractivity contribution in [3.63, 3.8) is 0 Å². The number of piperazine rings is 1. The first-order valence-electron chi connectivity index (χ1n) is 10.4. The zero-order chi connectivity index (χ0) is 21.5. The minimum absolute atomic E-state index is 0.303. The molecule has 1 aliphatic heterocycles. The maximum atomic E-state index is 12.3. The van der Waals surface area contributed by atoms with E-state index in [2.05, 4.69) is 43.6 Å². The molecular weight excluding hydrogens is 390 g/mol. The standard InChI is InChI=1S/C24H27N5O2/c1-31-22-7-3-2-6-21(22)27-24(30)26-20-11-9-19(10-12-20)18-28-14-16-29(17-15-28)23-8-4-5-13-25-23/h2-13H,14-18H2,1H3,(H2,26,27,30). The molecule has 7 nitrogen and oxygen atoms in total. The van der Waals surface area contributed by atoms with Crippen LogP contribution in [0.1, 0.15) is 5.56 Å². The van der Waals surface area contributed by atoms with Crippen LogP contribution in [0.3, 0.4) is 0 Å². The van der Waals surface area contributed by atoms with E-state index < -0.39 is 0 Å². The van der Waals surface area contributed by atoms with Crippen molar-refractivity contribution in [2.24, 2.45) is 0 Å². The summed E-state index contributed by atoms with van der Waals surface area (Å²) in [6.45, 7) is 4.83. The molecule has 0 atom stereocenters. The molecule has 31 heavy (non-hydrogen) atoms. The van der Waals surface area contributed by atoms with Gasteiger partial charge in [0, 0.05) is 44.6 Å². The third-order valence-electron chi connectivity index (χ3n) is 5.32. The minimum Gasteiger partial charge on any atom is -0.495 e. The average Bonchev–Trinajstić information content (AvgIpc) is 2.82. The number of hydrogen-bond donors (Lipinski definition) is 2. The van der Waals surface area contributed by atoms with E-state index in [1.807, 2.05) is 42.6 Å². The lowest BCUT2D eigenvalue weighted by molar-refractivity contribution is 0.249. The molecule has 7 heteroatoms. The first-order chi connectivity index (χ1) is 15.2. The van der Waals surface area contributed by atoms with Gasteiger partial charge in [-0.1, -0.05) is 30.3 Å². The van der Waals surface area contributed by atoms with Gasteiger partial charge in [0.05, 0.1) is 12.8 Å². The number of methoxy groups -OCH3 is 1. The number of rotatable bonds is 6. The van der Waals surface area contributed by atoms with Crippen LogP contribution in [0.4, 0.5) is 22.0 Å². The number of nitrogens with one attached hydrogen (secondary N) is 2. The average molecular weight is 418 g/mol. The van der Waals surface area contributed by atoms with Crippen molar-refractivity contribution in [3.05, 3.63) is 78.5 Å². The van der Waals surface area contributed by atoms with E-state index in [9.17, 15) is 4.79 Å². The van der Waals surface area contributed by atoms with Crippen LogP contribution in [-0.2, 0) is 6.54 Å². The number of para-hydroxylation sites is 2. The SMILES string of the molecule is COc1ccccc1NC(=O)Nc1ccc(CN2CCN(c3ccccn3)CC2)cc1. The molecule has 2 N–H and O–H groups in total. The lowest BCUT2D eigenvalue weighted by Gasteiger charge is -2.35. The Hall–Kier alpha value is -3.58. The summed E-state index contributed by atoms with van der Waals surface area (Å²) in [5.41, 5.74) is 2.60. The molecule has 0 radical (unpaired) electrons. The Labute approximate surface area is 182 Å². The number of aromatic nitrogens is 1. The van der Waals surface area contributed by atoms with Crippen molar-refractivity contribution in [2.75, 3.05) is 48.8 Å². The number of amides is 2. The van der Waals surface area contributed by atoms with Gasteiger partial charge < -0.3 is 20.3 Å². The van der Waals surface area contributed by atoms with Crippen LogP contribution in [-0.4, -0.2) is 49.2 Å². The number of anilines is 3. The van der Waals surface area contributed by atoms with Gasteiger partial charge in [0.25, 0.3) is 0 Å². The summed E-state index contributed by atoms with van der Waals surface area (Å²) in [5.74, 6) is 1.67. The highest BCUT2D eigenvalue weighted by Crippen LogP contribution is 2.23. The Morgan fingerprint density at radius 2 is 1.68 bits per heavy atom. The van der Waals surface area contributed by atoms with Gasteiger partial charge in [0.1, 0.15) is 11.6 Å². The predicted octanol–water partition coefficient (Wildman–Crippen LogP) is 4.06. The summed E-state index contributed by atoms with van der Waals surface area (Å²) in [5, 5.41) is 5.68. The van der Waals surface area contributed by atoms with E-state index in [0.717, 1.165) is 44.2 Å². The first-order valence-corrected chi connectivity index (χ1v) is 10.4. The number of urea groups is 1. The predicted molar refractivity (Wildman–Crippen MR) is 124 cm³/mol. The van der Waals surface area contributed by atoms with Crippen LogP contribution in [0.2, 0.25) is 0 Å². The monoisotopic (exact) mass is 417 g/mol. The third-order valence-corrected chi connectivity index (χ3v) is 5.32. The van der Waals surface area contributed by atoms with Gasteiger partial charge in [-0.2, -0.15) is 0 Å². The number of carbonyl (C=O) groups excluding carboxylic acids is 1. The van der Waals surface area contributed by atoms with E-state index in [1.165, 1.54) is 5.56 Å². The second-order valence-corrected chi connectivity index (χ2v) is 7.43. The van der Waals surface area contributed by atoms with Crippen molar-refractivity contribution >= 4 is 23.2 Å². The molecule has 0 unspecified atom stereocenters. The molecule has 1 aromatic heterocycles. The Balaban J connectivity index is 1.26. The highest BCUT2D eigenvalue weighted by molar-refractivity contribution is 6.00. The van der Waals surface area contributed by atoms with Crippen molar-refractivity contribution in [1.29, 1.82) is 0 Å². The van der Waals surface area contributed by atoms with Crippen LogP contribution in [0.15, 0.2) is 72.9 Å². The molecule has 2 amide bonds. The summed E-state index contributed by atoms with van der Waals surface area (Å²) in [6.07, 6.45) is 1.84. The van der Waals surface area contributed by atoms with E-state index in [0.29, 0.717) is 11.4 Å². The highest BCUT2D eigenvalue weighted by atomic mass is 16.5. The zero-order valence-corrected chi connectivity index (χ0v) is 17.6. The van der Waals surface area contributed by atoms with Gasteiger partial charge in [-0.3, -0.25) is 4.90 Å². The molecule has 0 saturated carbocycles. The summed E-state index contributed by atoms with van der Waals surface area (Å²) in [7, 11) is 1.58. The fourth-order valence-corrected chi connectivity index (χ4v) is 3.66. The number of hydrogen-bond acceptors (Lipinski definition) is 5. The van der Waals surface area contributed by atoms with Gasteiger partial charge >= 0.3 is 6.03 Å². The Morgan fingerprint density at radius 3 is 2.39 bits per heavy atom. The number of carbonyl (C=O) groups is 1. The zero-order valence-electron chi connectivity index (χ0n) is 17.6. The Bertz CT molecular complexity index is 986. The number of pyridine rings is 1. The number of benzene rings is 2. The Morgan fingerprint density at radius 1 is 0.935 bits per heavy atom. The molecule has 2 heterocycles. The molecule has 0 spiro atoms. The maximum absolute atomic E-state index is 12.3. The minimum atomic E-state index is -0.303. The van der Waals surface area contributed by atoms with Crippen molar-refractivity contribution in [2.45, 2.75) is 6.54 Å². The van der Waals surface area contributed by atoms with Gasteiger partial charge in [-0.25, -0.2) is 9.78 Å². The second kappa shape index (κ2) is 9.95. The molecule has 3 aromatic rings. The van der Waals surface area contributed by atoms with Crippen molar-refractivity contribution in [1.82, 2.24) is 9.88 Å². The van der Waals surface area contributed by atoms with Crippen LogP contribution < -0.4 is 20.3 Å². The molecule has 0 aliphatic carbocycles. The Kier molecular flexibility index (Phi) is 6.64. The van der Waals surface area contributed by atoms with Gasteiger partial charge in [0.15, 0.2) is 0 Å². The van der Waals surface area contributed by atoms with Crippen LogP contribution in [0, 0.1) is 0 Å². The molecule has 1 saturated heterocycles. The summed E-state index contributed by atoms with van der Waals surface area (Å²) in [4.78, 5) is 21.5. The quantitative estimate of drug-likeness (QED) is 0.633. The van der Waals surface area contributed by atoms with Crippen molar-refractivity contribution < 1.29 is 9.53 Å². The molecular formula is C24H27N5O2. The van der Waals surface area contributed by atoms with E-state index in [-0.39, 0.29) is 6.03 Å². The molecule has 160 valence electrons. The first kappa shape index (κ1) is 20.7. The summed E-state index contributed by atoms with van der Waals surface area (Å²) in [6, 6.07) is 21.0. The summed E-state index contributed by atoms with van der Waals surface area (Å²) >= 11 is 0. The lowest BCUT2D eigenvalue weighted by atomic mass is 10.1. The lowest BCUT2D eigenvalue weighted by Crippen LogP contribution is -2.46. The summed E-state index contributed by atoms with van der Waals surface area (Å²) < 4.78 is 5.26. The smallest absolute Gasteiger partial charge is 0.323 e. The van der Waals surface area contributed by atoms with E-state index in [4.69, 9.17) is 4.74 Å². The highest BCUT2D eigenvalue weighted by Gasteiger charge is 2.18. The van der Waals surface area contributed by atoms with Crippen LogP contribution in [0.25, 0.3) is 0 Å². The normalized spacial score (nSPS) is 14.2. The fourth-order valence-electron chi connectivity index (χ4n) is 3.66. The topological polar surface area (TPSA) is 69.7 Å². The maximum Gasteiger partial charge on any atom is 0.323 e. The van der Waals surface area contributed by atoms with E-state index in [1.54, 1.807) is 19.2 Å². The molecule has 0 bridgehead atoms. The molecule has 1 aliphatic rings. The third kappa shape index (κ3) is 5.52. The van der Waals surface area contributed by atoms with E-state index >= 15 is 0 Å². The number of nitrogens with zero attached hydrogens (tertiary/aromatic N) is 3. The fraction of sp³-hybridized carbons (Fsp3) is 0.250. The molecule has 4 rings (SSSR count). The second-order valence-electron chi connectivity index (χ2n) is 7.43.